The summed E-state index contributed by atoms with van der Waals surface area (Å²) < 4.78 is 0. The molecule has 2 amide bonds. The summed E-state index contributed by atoms with van der Waals surface area (Å²) in [4.78, 5) is 18.1. The zero-order valence-electron chi connectivity index (χ0n) is 5.11. The van der Waals surface area contributed by atoms with E-state index in [0.29, 0.717) is 0 Å². The van der Waals surface area contributed by atoms with Gasteiger partial charge in [-0.3, -0.25) is 10.9 Å². The molecule has 0 aliphatic heterocycles. The monoisotopic (exact) mass is 212 g/mol. The van der Waals surface area contributed by atoms with Gasteiger partial charge in [0.25, 0.3) is 5.09 Å². The molecule has 0 saturated heterocycles. The molecule has 0 aliphatic rings. The van der Waals surface area contributed by atoms with Gasteiger partial charge in [-0.25, -0.2) is 16.5 Å². The predicted molar refractivity (Wildman–Crippen MR) is 28.8 cm³/mol. The van der Waals surface area contributed by atoms with E-state index in [1.807, 2.05) is 0 Å². The number of amides is 2. The second kappa shape index (κ2) is 11.7. The van der Waals surface area contributed by atoms with Gasteiger partial charge in [-0.15, -0.1) is 10.1 Å². The number of hydrogen-bond donors (Lipinski definition) is 5. The van der Waals surface area contributed by atoms with E-state index in [1.165, 1.54) is 0 Å². The van der Waals surface area contributed by atoms with E-state index in [-0.39, 0.29) is 16.8 Å². The first-order valence-corrected chi connectivity index (χ1v) is 1.85. The van der Waals surface area contributed by atoms with E-state index < -0.39 is 11.1 Å². The van der Waals surface area contributed by atoms with Gasteiger partial charge in [0, 0.05) is 16.8 Å². The second-order valence-electron chi connectivity index (χ2n) is 0.856. The van der Waals surface area contributed by atoms with Crippen LogP contribution in [-0.2, 0) is 16.8 Å². The smallest absolute Gasteiger partial charge is 0.328 e. The largest absolute Gasteiger partial charge is 0.343 e. The van der Waals surface area contributed by atoms with Gasteiger partial charge < -0.3 is 5.21 Å². The van der Waals surface area contributed by atoms with Crippen molar-refractivity contribution >= 4 is 6.03 Å². The van der Waals surface area contributed by atoms with Crippen LogP contribution in [0.4, 0.5) is 4.79 Å². The number of urea groups is 1. The van der Waals surface area contributed by atoms with Crippen LogP contribution >= 0.6 is 0 Å². The number of nitrogens with one attached hydrogen (secondary N) is 2. The summed E-state index contributed by atoms with van der Waals surface area (Å²) in [6.07, 6.45) is 0. The summed E-state index contributed by atoms with van der Waals surface area (Å²) in [5, 5.41) is 13.6. The van der Waals surface area contributed by atoms with Crippen molar-refractivity contribution in [3.05, 3.63) is 10.1 Å². The number of nitrogens with zero attached hydrogens (tertiary/aromatic N) is 1. The van der Waals surface area contributed by atoms with Gasteiger partial charge in [-0.05, 0) is 0 Å². The summed E-state index contributed by atoms with van der Waals surface area (Å²) in [6.45, 7) is 0. The Bertz CT molecular complexity index is 107. The van der Waals surface area contributed by atoms with Gasteiger partial charge in [0.2, 0.25) is 0 Å². The van der Waals surface area contributed by atoms with Gasteiger partial charge in [0.1, 0.15) is 0 Å². The second-order valence-corrected chi connectivity index (χ2v) is 0.856. The minimum absolute atomic E-state index is 0. The van der Waals surface area contributed by atoms with E-state index in [4.69, 9.17) is 15.3 Å². The third kappa shape index (κ3) is 50.4. The summed E-state index contributed by atoms with van der Waals surface area (Å²) in [7, 11) is 0. The topological polar surface area (TPSA) is 157 Å². The van der Waals surface area contributed by atoms with Crippen LogP contribution in [-0.4, -0.2) is 16.3 Å². The quantitative estimate of drug-likeness (QED) is 0.131. The molecule has 0 bridgehead atoms. The Kier molecular flexibility index (Phi) is 17.5. The zero-order chi connectivity index (χ0) is 8.57. The van der Waals surface area contributed by atoms with Crippen molar-refractivity contribution < 1.29 is 31.9 Å². The molecule has 0 aromatic rings. The molecule has 0 fully saturated rings. The van der Waals surface area contributed by atoms with Crippen LogP contribution < -0.4 is 22.5 Å². The average molecular weight is 212 g/mol. The van der Waals surface area contributed by atoms with E-state index in [1.54, 1.807) is 10.9 Å². The summed E-state index contributed by atoms with van der Waals surface area (Å²) in [5.41, 5.74) is 3.48. The SMILES string of the molecule is NNC(=O)NN.O=[N+]([O-])O.[Co]. The molecule has 10 heteroatoms. The molecule has 0 aromatic heterocycles. The number of hydrogen-bond acceptors (Lipinski definition) is 5. The molecule has 7 N–H and O–H groups in total. The Hall–Kier alpha value is -1.10. The van der Waals surface area contributed by atoms with Crippen molar-refractivity contribution in [2.24, 2.45) is 11.7 Å². The fraction of sp³-hybridized carbons (Fsp3) is 0. The van der Waals surface area contributed by atoms with Crippen molar-refractivity contribution in [2.75, 3.05) is 0 Å². The third-order valence-electron chi connectivity index (χ3n) is 0.262. The van der Waals surface area contributed by atoms with Crippen molar-refractivity contribution in [1.82, 2.24) is 10.9 Å². The molecule has 0 heterocycles. The minimum Gasteiger partial charge on any atom is -0.328 e. The van der Waals surface area contributed by atoms with Crippen LogP contribution in [0.15, 0.2) is 0 Å². The molecule has 0 saturated carbocycles. The molecule has 0 rings (SSSR count). The van der Waals surface area contributed by atoms with Crippen LogP contribution in [0.5, 0.6) is 0 Å². The maximum Gasteiger partial charge on any atom is 0.343 e. The summed E-state index contributed by atoms with van der Waals surface area (Å²) in [5.74, 6) is 9.08. The van der Waals surface area contributed by atoms with Gasteiger partial charge in [0.05, 0.1) is 0 Å². The molecular formula is CH7CoN5O4. The molecule has 69 valence electrons. The van der Waals surface area contributed by atoms with Crippen molar-refractivity contribution in [3.63, 3.8) is 0 Å². The van der Waals surface area contributed by atoms with Gasteiger partial charge in [-0.1, -0.05) is 0 Å². The Morgan fingerprint density at radius 2 is 1.64 bits per heavy atom. The molecule has 9 nitrogen and oxygen atoms in total. The van der Waals surface area contributed by atoms with Crippen molar-refractivity contribution in [3.8, 4) is 0 Å². The number of rotatable bonds is 0. The van der Waals surface area contributed by atoms with Crippen LogP contribution in [0.1, 0.15) is 0 Å². The van der Waals surface area contributed by atoms with Crippen LogP contribution in [0, 0.1) is 10.1 Å². The Morgan fingerprint density at radius 3 is 1.64 bits per heavy atom. The standard InChI is InChI=1S/CH6N4O.Co.HNO3/c2-4-1(6)5-3;;2-1(3)4/h2-3H2,(H2,4,5,6);;(H,2,3,4). The minimum atomic E-state index is -1.50. The predicted octanol–water partition coefficient (Wildman–Crippen LogP) is -2.32. The van der Waals surface area contributed by atoms with Crippen molar-refractivity contribution in [1.29, 1.82) is 0 Å². The third-order valence-corrected chi connectivity index (χ3v) is 0.262. The summed E-state index contributed by atoms with van der Waals surface area (Å²) >= 11 is 0. The molecule has 0 spiro atoms. The molecule has 0 unspecified atom stereocenters. The van der Waals surface area contributed by atoms with Gasteiger partial charge >= 0.3 is 6.03 Å². The van der Waals surface area contributed by atoms with Crippen LogP contribution in [0.2, 0.25) is 0 Å². The Balaban J connectivity index is -0.000000114. The molecule has 11 heavy (non-hydrogen) atoms. The van der Waals surface area contributed by atoms with E-state index >= 15 is 0 Å². The fourth-order valence-electron chi connectivity index (χ4n) is 0.0417. The molecule has 0 atom stereocenters. The normalized spacial score (nSPS) is 6.00. The first kappa shape index (κ1) is 16.5. The van der Waals surface area contributed by atoms with Gasteiger partial charge in [-0.2, -0.15) is 0 Å². The fourth-order valence-corrected chi connectivity index (χ4v) is 0.0417. The maximum atomic E-state index is 9.71. The Morgan fingerprint density at radius 1 is 1.45 bits per heavy atom. The number of hydrazine groups is 2. The average Bonchev–Trinajstić information content (AvgIpc) is 1.85. The number of nitrogens with two attached hydrogens (primary N) is 2. The molecular weight excluding hydrogens is 205 g/mol. The Labute approximate surface area is 71.3 Å². The first-order chi connectivity index (χ1) is 4.54. The molecule has 0 aliphatic carbocycles. The van der Waals surface area contributed by atoms with Crippen LogP contribution in [0.25, 0.3) is 0 Å². The van der Waals surface area contributed by atoms with E-state index in [9.17, 15) is 4.79 Å². The van der Waals surface area contributed by atoms with Crippen molar-refractivity contribution in [2.45, 2.75) is 0 Å². The summed E-state index contributed by atoms with van der Waals surface area (Å²) in [6, 6.07) is -0.602. The van der Waals surface area contributed by atoms with E-state index in [0.717, 1.165) is 0 Å². The van der Waals surface area contributed by atoms with E-state index in [2.05, 4.69) is 11.7 Å². The number of carbonyl (C=O) groups excluding carboxylic acids is 1. The number of carbonyl (C=O) groups is 1. The zero-order valence-corrected chi connectivity index (χ0v) is 6.15. The maximum absolute atomic E-state index is 9.71. The first-order valence-electron chi connectivity index (χ1n) is 1.85. The van der Waals surface area contributed by atoms with Gasteiger partial charge in [0.15, 0.2) is 0 Å². The van der Waals surface area contributed by atoms with Crippen LogP contribution in [0.3, 0.4) is 0 Å². The molecule has 1 radical (unpaired) electrons. The molecule has 0 aromatic carbocycles.